The number of rotatable bonds is 7. The molecule has 0 bridgehead atoms. The highest BCUT2D eigenvalue weighted by Crippen LogP contribution is 2.36. The lowest BCUT2D eigenvalue weighted by Crippen LogP contribution is -2.46. The van der Waals surface area contributed by atoms with Gasteiger partial charge >= 0.3 is 0 Å². The van der Waals surface area contributed by atoms with Crippen molar-refractivity contribution in [2.24, 2.45) is 0 Å². The number of hydrogen-bond donors (Lipinski definition) is 2. The molecule has 0 aliphatic carbocycles. The molecule has 200 valence electrons. The van der Waals surface area contributed by atoms with Crippen molar-refractivity contribution in [3.8, 4) is 5.75 Å². The number of ether oxygens (including phenoxy) is 1. The van der Waals surface area contributed by atoms with E-state index in [0.29, 0.717) is 46.8 Å². The van der Waals surface area contributed by atoms with Gasteiger partial charge in [-0.1, -0.05) is 66.7 Å². The van der Waals surface area contributed by atoms with Gasteiger partial charge in [0.1, 0.15) is 5.75 Å². The molecule has 1 unspecified atom stereocenters. The first-order chi connectivity index (χ1) is 19.5. The van der Waals surface area contributed by atoms with Gasteiger partial charge in [0.2, 0.25) is 0 Å². The largest absolute Gasteiger partial charge is 0.497 e. The molecule has 2 N–H and O–H groups in total. The fourth-order valence-corrected chi connectivity index (χ4v) is 4.77. The highest BCUT2D eigenvalue weighted by atomic mass is 16.5. The Labute approximate surface area is 233 Å². The van der Waals surface area contributed by atoms with E-state index in [2.05, 4.69) is 10.6 Å². The molecule has 4 aromatic rings. The van der Waals surface area contributed by atoms with E-state index in [1.165, 1.54) is 0 Å². The van der Waals surface area contributed by atoms with Gasteiger partial charge in [-0.2, -0.15) is 0 Å². The molecule has 0 spiro atoms. The minimum absolute atomic E-state index is 0.179. The molecule has 0 saturated carbocycles. The Morgan fingerprint density at radius 1 is 0.675 bits per heavy atom. The Morgan fingerprint density at radius 2 is 1.18 bits per heavy atom. The van der Waals surface area contributed by atoms with Crippen LogP contribution in [-0.2, 0) is 0 Å². The number of methoxy groups -OCH3 is 1. The van der Waals surface area contributed by atoms with Gasteiger partial charge in [-0.3, -0.25) is 14.4 Å². The molecule has 0 aromatic heterocycles. The van der Waals surface area contributed by atoms with E-state index in [4.69, 9.17) is 4.74 Å². The molecule has 0 saturated heterocycles. The normalized spacial score (nSPS) is 14.8. The van der Waals surface area contributed by atoms with Crippen LogP contribution in [0.1, 0.15) is 49.1 Å². The van der Waals surface area contributed by atoms with Gasteiger partial charge in [-0.15, -0.1) is 0 Å². The van der Waals surface area contributed by atoms with Gasteiger partial charge in [0.15, 0.2) is 0 Å². The van der Waals surface area contributed by atoms with Crippen molar-refractivity contribution < 1.29 is 19.1 Å². The van der Waals surface area contributed by atoms with Crippen LogP contribution >= 0.6 is 0 Å². The summed E-state index contributed by atoms with van der Waals surface area (Å²) >= 11 is 0. The number of carbonyl (C=O) groups excluding carboxylic acids is 3. The maximum atomic E-state index is 13.8. The highest BCUT2D eigenvalue weighted by Gasteiger charge is 2.36. The molecule has 3 amide bonds. The molecule has 1 aliphatic rings. The van der Waals surface area contributed by atoms with Crippen LogP contribution in [0.5, 0.6) is 5.75 Å². The zero-order chi connectivity index (χ0) is 27.9. The minimum Gasteiger partial charge on any atom is -0.497 e. The lowest BCUT2D eigenvalue weighted by atomic mass is 9.94. The Kier molecular flexibility index (Phi) is 8.02. The lowest BCUT2D eigenvalue weighted by molar-refractivity contribution is 0.0673. The van der Waals surface area contributed by atoms with Gasteiger partial charge < -0.3 is 20.3 Å². The first kappa shape index (κ1) is 26.4. The standard InChI is InChI=1S/C33H29N3O4/c1-40-27-19-17-23(18-20-27)30-29(35-32(38)25-13-7-3-8-14-25)28(34-31(37)24-11-5-2-6-12-24)21-22-36(30)33(39)26-15-9-4-10-16-26/h2-20,30H,21-22H2,1H3,(H,34,37)(H,35,38). The van der Waals surface area contributed by atoms with Gasteiger partial charge in [-0.25, -0.2) is 0 Å². The van der Waals surface area contributed by atoms with Crippen molar-refractivity contribution in [3.05, 3.63) is 149 Å². The van der Waals surface area contributed by atoms with Gasteiger partial charge in [0, 0.05) is 35.4 Å². The number of benzene rings is 4. The number of carbonyl (C=O) groups is 3. The summed E-state index contributed by atoms with van der Waals surface area (Å²) in [5, 5.41) is 6.08. The summed E-state index contributed by atoms with van der Waals surface area (Å²) in [7, 11) is 1.59. The molecule has 7 nitrogen and oxygen atoms in total. The Bertz CT molecular complexity index is 1520. The van der Waals surface area contributed by atoms with Crippen molar-refractivity contribution in [1.29, 1.82) is 0 Å². The molecule has 1 aliphatic heterocycles. The summed E-state index contributed by atoms with van der Waals surface area (Å²) in [6.45, 7) is 0.333. The van der Waals surface area contributed by atoms with Crippen LogP contribution in [0.3, 0.4) is 0 Å². The molecule has 0 radical (unpaired) electrons. The molecule has 0 fully saturated rings. The fraction of sp³-hybridized carbons (Fsp3) is 0.121. The summed E-state index contributed by atoms with van der Waals surface area (Å²) in [6, 6.07) is 33.5. The van der Waals surface area contributed by atoms with E-state index in [-0.39, 0.29) is 17.7 Å². The van der Waals surface area contributed by atoms with Crippen LogP contribution in [0.25, 0.3) is 0 Å². The molecular formula is C33H29N3O4. The predicted octanol–water partition coefficient (Wildman–Crippen LogP) is 5.35. The number of amides is 3. The third-order valence-corrected chi connectivity index (χ3v) is 6.81. The van der Waals surface area contributed by atoms with Gasteiger partial charge in [-0.05, 0) is 54.1 Å². The SMILES string of the molecule is COc1ccc(C2C(NC(=O)c3ccccc3)=C(NC(=O)c3ccccc3)CCN2C(=O)c2ccccc2)cc1. The maximum Gasteiger partial charge on any atom is 0.255 e. The van der Waals surface area contributed by atoms with Crippen molar-refractivity contribution in [2.75, 3.05) is 13.7 Å². The third kappa shape index (κ3) is 5.78. The summed E-state index contributed by atoms with van der Waals surface area (Å²) < 4.78 is 5.35. The number of hydrogen-bond acceptors (Lipinski definition) is 4. The molecule has 7 heteroatoms. The fourth-order valence-electron chi connectivity index (χ4n) is 4.77. The van der Waals surface area contributed by atoms with Crippen LogP contribution in [0.15, 0.2) is 127 Å². The van der Waals surface area contributed by atoms with E-state index in [1.54, 1.807) is 72.7 Å². The van der Waals surface area contributed by atoms with Crippen LogP contribution in [0.4, 0.5) is 0 Å². The third-order valence-electron chi connectivity index (χ3n) is 6.81. The average Bonchev–Trinajstić information content (AvgIpc) is 3.02. The topological polar surface area (TPSA) is 87.7 Å². The Morgan fingerprint density at radius 3 is 1.70 bits per heavy atom. The first-order valence-electron chi connectivity index (χ1n) is 13.0. The van der Waals surface area contributed by atoms with Crippen LogP contribution in [0.2, 0.25) is 0 Å². The zero-order valence-corrected chi connectivity index (χ0v) is 22.0. The minimum atomic E-state index is -0.675. The summed E-state index contributed by atoms with van der Waals surface area (Å²) in [5.74, 6) is -0.147. The molecule has 5 rings (SSSR count). The van der Waals surface area contributed by atoms with Gasteiger partial charge in [0.25, 0.3) is 17.7 Å². The van der Waals surface area contributed by atoms with Crippen LogP contribution in [-0.4, -0.2) is 36.3 Å². The Balaban J connectivity index is 1.61. The average molecular weight is 532 g/mol. The number of nitrogens with one attached hydrogen (secondary N) is 2. The second-order valence-electron chi connectivity index (χ2n) is 9.32. The molecular weight excluding hydrogens is 502 g/mol. The van der Waals surface area contributed by atoms with Crippen LogP contribution in [0, 0.1) is 0 Å². The maximum absolute atomic E-state index is 13.8. The molecule has 1 atom stereocenters. The summed E-state index contributed by atoms with van der Waals surface area (Å²) in [4.78, 5) is 42.2. The van der Waals surface area contributed by atoms with E-state index in [9.17, 15) is 14.4 Å². The van der Waals surface area contributed by atoms with Crippen molar-refractivity contribution >= 4 is 17.7 Å². The van der Waals surface area contributed by atoms with Gasteiger partial charge in [0.05, 0.1) is 18.8 Å². The lowest BCUT2D eigenvalue weighted by Gasteiger charge is -2.39. The predicted molar refractivity (Wildman–Crippen MR) is 153 cm³/mol. The van der Waals surface area contributed by atoms with Crippen molar-refractivity contribution in [3.63, 3.8) is 0 Å². The number of nitrogens with zero attached hydrogens (tertiary/aromatic N) is 1. The first-order valence-corrected chi connectivity index (χ1v) is 13.0. The second kappa shape index (κ2) is 12.1. The zero-order valence-electron chi connectivity index (χ0n) is 22.0. The van der Waals surface area contributed by atoms with Crippen molar-refractivity contribution in [1.82, 2.24) is 15.5 Å². The molecule has 4 aromatic carbocycles. The Hall–Kier alpha value is -5.17. The van der Waals surface area contributed by atoms with Crippen LogP contribution < -0.4 is 15.4 Å². The van der Waals surface area contributed by atoms with E-state index >= 15 is 0 Å². The second-order valence-corrected chi connectivity index (χ2v) is 9.32. The molecule has 40 heavy (non-hydrogen) atoms. The highest BCUT2D eigenvalue weighted by molar-refractivity contribution is 5.98. The van der Waals surface area contributed by atoms with E-state index in [0.717, 1.165) is 5.56 Å². The molecule has 1 heterocycles. The monoisotopic (exact) mass is 531 g/mol. The summed E-state index contributed by atoms with van der Waals surface area (Å²) in [5.41, 5.74) is 3.25. The quantitative estimate of drug-likeness (QED) is 0.336. The summed E-state index contributed by atoms with van der Waals surface area (Å²) in [6.07, 6.45) is 0.341. The van der Waals surface area contributed by atoms with Crippen molar-refractivity contribution in [2.45, 2.75) is 12.5 Å². The smallest absolute Gasteiger partial charge is 0.255 e. The van der Waals surface area contributed by atoms with E-state index < -0.39 is 6.04 Å². The van der Waals surface area contributed by atoms with E-state index in [1.807, 2.05) is 54.6 Å².